The van der Waals surface area contributed by atoms with Crippen LogP contribution in [0.4, 0.5) is 17.1 Å². The number of anilines is 3. The standard InChI is InChI=1S/C17H19N3O/c1-10-3-5-12(6-4-10)11(2)19-16-9-15-13(7-14(16)18)8-17(21)20-15/h3-7,9,11,19H,8,18H2,1-2H3,(H,20,21). The lowest BCUT2D eigenvalue weighted by Crippen LogP contribution is -2.09. The van der Waals surface area contributed by atoms with Crippen LogP contribution in [0.2, 0.25) is 0 Å². The number of rotatable bonds is 3. The number of nitrogens with two attached hydrogens (primary N) is 1. The van der Waals surface area contributed by atoms with Gasteiger partial charge in [-0.3, -0.25) is 4.79 Å². The molecule has 0 aliphatic carbocycles. The topological polar surface area (TPSA) is 67.1 Å². The number of aryl methyl sites for hydroxylation is 1. The van der Waals surface area contributed by atoms with Crippen molar-refractivity contribution in [3.05, 3.63) is 53.1 Å². The van der Waals surface area contributed by atoms with Gasteiger partial charge in [0, 0.05) is 11.7 Å². The predicted molar refractivity (Wildman–Crippen MR) is 86.4 cm³/mol. The van der Waals surface area contributed by atoms with Crippen LogP contribution in [0.1, 0.15) is 29.7 Å². The molecule has 2 aromatic carbocycles. The number of nitrogens with one attached hydrogen (secondary N) is 2. The van der Waals surface area contributed by atoms with Crippen molar-refractivity contribution in [2.24, 2.45) is 0 Å². The van der Waals surface area contributed by atoms with Crippen molar-refractivity contribution < 1.29 is 4.79 Å². The summed E-state index contributed by atoms with van der Waals surface area (Å²) in [5, 5.41) is 6.27. The van der Waals surface area contributed by atoms with Gasteiger partial charge in [0.2, 0.25) is 5.91 Å². The van der Waals surface area contributed by atoms with Crippen molar-refractivity contribution in [3.63, 3.8) is 0 Å². The Hall–Kier alpha value is -2.49. The van der Waals surface area contributed by atoms with E-state index in [1.54, 1.807) is 0 Å². The van der Waals surface area contributed by atoms with Crippen molar-refractivity contribution in [3.8, 4) is 0 Å². The van der Waals surface area contributed by atoms with E-state index in [0.29, 0.717) is 12.1 Å². The fourth-order valence-corrected chi connectivity index (χ4v) is 2.59. The second-order valence-electron chi connectivity index (χ2n) is 5.60. The summed E-state index contributed by atoms with van der Waals surface area (Å²) in [6, 6.07) is 12.3. The van der Waals surface area contributed by atoms with Crippen LogP contribution in [0, 0.1) is 6.92 Å². The maximum atomic E-state index is 11.4. The molecule has 4 heteroatoms. The van der Waals surface area contributed by atoms with Gasteiger partial charge in [-0.25, -0.2) is 0 Å². The molecule has 1 atom stereocenters. The molecule has 0 aromatic heterocycles. The highest BCUT2D eigenvalue weighted by atomic mass is 16.1. The van der Waals surface area contributed by atoms with Gasteiger partial charge in [-0.15, -0.1) is 0 Å². The van der Waals surface area contributed by atoms with Crippen LogP contribution in [-0.4, -0.2) is 5.91 Å². The zero-order valence-corrected chi connectivity index (χ0v) is 12.2. The summed E-state index contributed by atoms with van der Waals surface area (Å²) in [4.78, 5) is 11.4. The number of fused-ring (bicyclic) bond motifs is 1. The van der Waals surface area contributed by atoms with Crippen LogP contribution in [0.15, 0.2) is 36.4 Å². The van der Waals surface area contributed by atoms with E-state index >= 15 is 0 Å². The van der Waals surface area contributed by atoms with Gasteiger partial charge in [0.1, 0.15) is 0 Å². The minimum atomic E-state index is 0.0214. The van der Waals surface area contributed by atoms with E-state index in [1.807, 2.05) is 12.1 Å². The van der Waals surface area contributed by atoms with Gasteiger partial charge in [-0.1, -0.05) is 29.8 Å². The first-order chi connectivity index (χ1) is 10.0. The molecule has 1 unspecified atom stereocenters. The molecule has 1 amide bonds. The Morgan fingerprint density at radius 1 is 1.24 bits per heavy atom. The number of benzene rings is 2. The summed E-state index contributed by atoms with van der Waals surface area (Å²) in [6.07, 6.45) is 0.410. The third-order valence-electron chi connectivity index (χ3n) is 3.85. The van der Waals surface area contributed by atoms with Crippen molar-refractivity contribution in [2.75, 3.05) is 16.4 Å². The summed E-state index contributed by atoms with van der Waals surface area (Å²) in [6.45, 7) is 4.17. The van der Waals surface area contributed by atoms with E-state index in [2.05, 4.69) is 48.7 Å². The molecular weight excluding hydrogens is 262 g/mol. The highest BCUT2D eigenvalue weighted by Gasteiger charge is 2.19. The summed E-state index contributed by atoms with van der Waals surface area (Å²) in [5.74, 6) is 0.0214. The lowest BCUT2D eigenvalue weighted by Gasteiger charge is -2.18. The van der Waals surface area contributed by atoms with E-state index in [9.17, 15) is 4.79 Å². The predicted octanol–water partition coefficient (Wildman–Crippen LogP) is 3.24. The molecule has 0 saturated heterocycles. The Balaban J connectivity index is 1.83. The monoisotopic (exact) mass is 281 g/mol. The van der Waals surface area contributed by atoms with E-state index in [-0.39, 0.29) is 11.9 Å². The van der Waals surface area contributed by atoms with Gasteiger partial charge in [-0.2, -0.15) is 0 Å². The normalized spacial score (nSPS) is 14.5. The SMILES string of the molecule is Cc1ccc(C(C)Nc2cc3c(cc2N)CC(=O)N3)cc1. The quantitative estimate of drug-likeness (QED) is 0.757. The zero-order valence-electron chi connectivity index (χ0n) is 12.2. The first-order valence-corrected chi connectivity index (χ1v) is 7.08. The highest BCUT2D eigenvalue weighted by Crippen LogP contribution is 2.33. The lowest BCUT2D eigenvalue weighted by molar-refractivity contribution is -0.115. The highest BCUT2D eigenvalue weighted by molar-refractivity contribution is 6.00. The molecule has 1 aliphatic rings. The minimum absolute atomic E-state index is 0.0214. The number of hydrogen-bond donors (Lipinski definition) is 3. The molecule has 1 aliphatic heterocycles. The third kappa shape index (κ3) is 2.70. The van der Waals surface area contributed by atoms with Crippen molar-refractivity contribution >= 4 is 23.0 Å². The van der Waals surface area contributed by atoms with Crippen molar-refractivity contribution in [1.29, 1.82) is 0 Å². The van der Waals surface area contributed by atoms with Crippen LogP contribution in [0.5, 0.6) is 0 Å². The molecular formula is C17H19N3O. The van der Waals surface area contributed by atoms with Crippen LogP contribution in [0.25, 0.3) is 0 Å². The largest absolute Gasteiger partial charge is 0.397 e. The Bertz CT molecular complexity index is 692. The maximum absolute atomic E-state index is 11.4. The van der Waals surface area contributed by atoms with E-state index in [1.165, 1.54) is 11.1 Å². The number of carbonyl (C=O) groups excluding carboxylic acids is 1. The second kappa shape index (κ2) is 5.13. The van der Waals surface area contributed by atoms with Crippen molar-refractivity contribution in [1.82, 2.24) is 0 Å². The number of carbonyl (C=O) groups is 1. The van der Waals surface area contributed by atoms with E-state index in [0.717, 1.165) is 16.9 Å². The third-order valence-corrected chi connectivity index (χ3v) is 3.85. The number of nitrogen functional groups attached to an aromatic ring is 1. The number of hydrogen-bond acceptors (Lipinski definition) is 3. The Morgan fingerprint density at radius 2 is 1.95 bits per heavy atom. The van der Waals surface area contributed by atoms with Crippen LogP contribution < -0.4 is 16.4 Å². The lowest BCUT2D eigenvalue weighted by atomic mass is 10.1. The molecule has 4 nitrogen and oxygen atoms in total. The smallest absolute Gasteiger partial charge is 0.228 e. The molecule has 0 bridgehead atoms. The first-order valence-electron chi connectivity index (χ1n) is 7.08. The average molecular weight is 281 g/mol. The molecule has 3 rings (SSSR count). The summed E-state index contributed by atoms with van der Waals surface area (Å²) >= 11 is 0. The van der Waals surface area contributed by atoms with E-state index < -0.39 is 0 Å². The number of amides is 1. The second-order valence-corrected chi connectivity index (χ2v) is 5.60. The zero-order chi connectivity index (χ0) is 15.0. The molecule has 4 N–H and O–H groups in total. The van der Waals surface area contributed by atoms with Gasteiger partial charge in [0.15, 0.2) is 0 Å². The Kier molecular flexibility index (Phi) is 3.29. The fourth-order valence-electron chi connectivity index (χ4n) is 2.59. The summed E-state index contributed by atoms with van der Waals surface area (Å²) in [5.41, 5.74) is 11.9. The first kappa shape index (κ1) is 13.5. The molecule has 0 spiro atoms. The van der Waals surface area contributed by atoms with Gasteiger partial charge >= 0.3 is 0 Å². The van der Waals surface area contributed by atoms with Crippen LogP contribution >= 0.6 is 0 Å². The maximum Gasteiger partial charge on any atom is 0.228 e. The van der Waals surface area contributed by atoms with Crippen LogP contribution in [-0.2, 0) is 11.2 Å². The minimum Gasteiger partial charge on any atom is -0.397 e. The summed E-state index contributed by atoms with van der Waals surface area (Å²) in [7, 11) is 0. The Labute approximate surface area is 124 Å². The molecule has 1 heterocycles. The average Bonchev–Trinajstić information content (AvgIpc) is 2.79. The molecule has 0 fully saturated rings. The van der Waals surface area contributed by atoms with Gasteiger partial charge in [0.25, 0.3) is 0 Å². The van der Waals surface area contributed by atoms with Gasteiger partial charge in [0.05, 0.1) is 17.8 Å². The van der Waals surface area contributed by atoms with Gasteiger partial charge < -0.3 is 16.4 Å². The molecule has 2 aromatic rings. The molecule has 21 heavy (non-hydrogen) atoms. The molecule has 0 radical (unpaired) electrons. The fraction of sp³-hybridized carbons (Fsp3) is 0.235. The summed E-state index contributed by atoms with van der Waals surface area (Å²) < 4.78 is 0. The van der Waals surface area contributed by atoms with Gasteiger partial charge in [-0.05, 0) is 37.1 Å². The van der Waals surface area contributed by atoms with E-state index in [4.69, 9.17) is 5.73 Å². The Morgan fingerprint density at radius 3 is 2.67 bits per heavy atom. The van der Waals surface area contributed by atoms with Crippen LogP contribution in [0.3, 0.4) is 0 Å². The molecule has 0 saturated carbocycles. The van der Waals surface area contributed by atoms with Crippen molar-refractivity contribution in [2.45, 2.75) is 26.3 Å². The molecule has 108 valence electrons.